The Kier molecular flexibility index (Phi) is 5.87. The first kappa shape index (κ1) is 19.2. The van der Waals surface area contributed by atoms with E-state index in [1.807, 2.05) is 0 Å². The summed E-state index contributed by atoms with van der Waals surface area (Å²) in [5.74, 6) is 0. The molecule has 3 aromatic rings. The molecule has 0 radical (unpaired) electrons. The maximum absolute atomic E-state index is 12.6. The first-order valence-corrected chi connectivity index (χ1v) is 9.18. The second-order valence-electron chi connectivity index (χ2n) is 5.51. The predicted molar refractivity (Wildman–Crippen MR) is 99.6 cm³/mol. The summed E-state index contributed by atoms with van der Waals surface area (Å²) in [5, 5.41) is 5.13. The molecule has 1 N–H and O–H groups in total. The van der Waals surface area contributed by atoms with Crippen LogP contribution in [0.1, 0.15) is 16.1 Å². The van der Waals surface area contributed by atoms with Crippen molar-refractivity contribution in [3.63, 3.8) is 0 Å². The SMILES string of the molecule is FC(F)(F)c1ccc(CNCc2ncc(-c3c(Cl)cccc3Cl)s2)cc1. The zero-order chi connectivity index (χ0) is 18.7. The van der Waals surface area contributed by atoms with E-state index in [0.29, 0.717) is 23.1 Å². The lowest BCUT2D eigenvalue weighted by Gasteiger charge is -2.08. The van der Waals surface area contributed by atoms with Crippen LogP contribution in [0.15, 0.2) is 48.7 Å². The molecule has 0 atom stereocenters. The van der Waals surface area contributed by atoms with Crippen molar-refractivity contribution in [2.45, 2.75) is 19.3 Å². The van der Waals surface area contributed by atoms with Crippen LogP contribution < -0.4 is 5.32 Å². The summed E-state index contributed by atoms with van der Waals surface area (Å²) < 4.78 is 37.7. The molecule has 1 heterocycles. The molecule has 0 unspecified atom stereocenters. The van der Waals surface area contributed by atoms with Crippen LogP contribution in [-0.4, -0.2) is 4.98 Å². The molecule has 0 saturated carbocycles. The van der Waals surface area contributed by atoms with Crippen molar-refractivity contribution in [1.82, 2.24) is 10.3 Å². The van der Waals surface area contributed by atoms with Crippen molar-refractivity contribution >= 4 is 34.5 Å². The van der Waals surface area contributed by atoms with Crippen LogP contribution in [0.4, 0.5) is 13.2 Å². The largest absolute Gasteiger partial charge is 0.416 e. The van der Waals surface area contributed by atoms with Gasteiger partial charge in [0, 0.05) is 24.8 Å². The smallest absolute Gasteiger partial charge is 0.306 e. The number of hydrogen-bond donors (Lipinski definition) is 1. The Morgan fingerprint density at radius 1 is 0.962 bits per heavy atom. The number of thiazole rings is 1. The van der Waals surface area contributed by atoms with Crippen LogP contribution in [0.2, 0.25) is 10.0 Å². The molecule has 0 spiro atoms. The molecule has 2 nitrogen and oxygen atoms in total. The van der Waals surface area contributed by atoms with Crippen molar-refractivity contribution in [3.8, 4) is 10.4 Å². The van der Waals surface area contributed by atoms with Gasteiger partial charge in [0.05, 0.1) is 20.5 Å². The number of nitrogens with zero attached hydrogens (tertiary/aromatic N) is 1. The molecule has 3 rings (SSSR count). The maximum Gasteiger partial charge on any atom is 0.416 e. The van der Waals surface area contributed by atoms with Crippen LogP contribution >= 0.6 is 34.5 Å². The summed E-state index contributed by atoms with van der Waals surface area (Å²) >= 11 is 13.9. The Morgan fingerprint density at radius 3 is 2.23 bits per heavy atom. The third-order valence-corrected chi connectivity index (χ3v) is 5.29. The Bertz CT molecular complexity index is 872. The maximum atomic E-state index is 12.6. The Hall–Kier alpha value is -1.60. The van der Waals surface area contributed by atoms with Gasteiger partial charge in [-0.05, 0) is 29.8 Å². The van der Waals surface area contributed by atoms with Gasteiger partial charge in [-0.15, -0.1) is 11.3 Å². The minimum Gasteiger partial charge on any atom is -0.306 e. The molecule has 8 heteroatoms. The van der Waals surface area contributed by atoms with Gasteiger partial charge in [0.2, 0.25) is 0 Å². The van der Waals surface area contributed by atoms with E-state index in [2.05, 4.69) is 10.3 Å². The van der Waals surface area contributed by atoms with E-state index in [1.54, 1.807) is 24.4 Å². The Balaban J connectivity index is 1.60. The molecule has 2 aromatic carbocycles. The summed E-state index contributed by atoms with van der Waals surface area (Å²) in [4.78, 5) is 5.21. The first-order valence-electron chi connectivity index (χ1n) is 7.60. The van der Waals surface area contributed by atoms with Gasteiger partial charge < -0.3 is 5.32 Å². The number of halogens is 5. The van der Waals surface area contributed by atoms with Gasteiger partial charge >= 0.3 is 6.18 Å². The minimum absolute atomic E-state index is 0.444. The third-order valence-electron chi connectivity index (χ3n) is 3.65. The van der Waals surface area contributed by atoms with Gasteiger partial charge in [0.1, 0.15) is 5.01 Å². The summed E-state index contributed by atoms with van der Waals surface area (Å²) in [7, 11) is 0. The number of nitrogens with one attached hydrogen (secondary N) is 1. The van der Waals surface area contributed by atoms with Crippen molar-refractivity contribution in [2.24, 2.45) is 0 Å². The van der Waals surface area contributed by atoms with Gasteiger partial charge in [-0.1, -0.05) is 41.4 Å². The van der Waals surface area contributed by atoms with Crippen LogP contribution in [0.25, 0.3) is 10.4 Å². The molecule has 0 aliphatic carbocycles. The highest BCUT2D eigenvalue weighted by Crippen LogP contribution is 2.37. The molecule has 0 bridgehead atoms. The third kappa shape index (κ3) is 4.57. The van der Waals surface area contributed by atoms with Crippen LogP contribution in [-0.2, 0) is 19.3 Å². The summed E-state index contributed by atoms with van der Waals surface area (Å²) in [6, 6.07) is 10.4. The number of aromatic nitrogens is 1. The summed E-state index contributed by atoms with van der Waals surface area (Å²) in [6.45, 7) is 0.938. The highest BCUT2D eigenvalue weighted by atomic mass is 35.5. The Morgan fingerprint density at radius 2 is 1.62 bits per heavy atom. The molecular weight excluding hydrogens is 404 g/mol. The van der Waals surface area contributed by atoms with Crippen molar-refractivity contribution in [1.29, 1.82) is 0 Å². The van der Waals surface area contributed by atoms with E-state index in [1.165, 1.54) is 23.5 Å². The van der Waals surface area contributed by atoms with Gasteiger partial charge in [0.15, 0.2) is 0 Å². The standard InChI is InChI=1S/C18H13Cl2F3N2S/c19-13-2-1-3-14(20)17(13)15-9-25-16(26-15)10-24-8-11-4-6-12(7-5-11)18(21,22)23/h1-7,9,24H,8,10H2. The quantitative estimate of drug-likeness (QED) is 0.518. The molecule has 0 saturated heterocycles. The molecule has 0 fully saturated rings. The summed E-state index contributed by atoms with van der Waals surface area (Å²) in [6.07, 6.45) is -2.60. The average molecular weight is 417 g/mol. The zero-order valence-electron chi connectivity index (χ0n) is 13.3. The lowest BCUT2D eigenvalue weighted by molar-refractivity contribution is -0.137. The zero-order valence-corrected chi connectivity index (χ0v) is 15.6. The highest BCUT2D eigenvalue weighted by Gasteiger charge is 2.29. The predicted octanol–water partition coefficient (Wildman–Crippen LogP) is 6.43. The molecule has 136 valence electrons. The second-order valence-corrected chi connectivity index (χ2v) is 7.44. The minimum atomic E-state index is -4.32. The van der Waals surface area contributed by atoms with Crippen LogP contribution in [0.3, 0.4) is 0 Å². The van der Waals surface area contributed by atoms with Crippen molar-refractivity contribution in [2.75, 3.05) is 0 Å². The fourth-order valence-electron chi connectivity index (χ4n) is 2.37. The topological polar surface area (TPSA) is 24.9 Å². The van der Waals surface area contributed by atoms with Crippen LogP contribution in [0, 0.1) is 0 Å². The van der Waals surface area contributed by atoms with E-state index in [-0.39, 0.29) is 0 Å². The van der Waals surface area contributed by atoms with Gasteiger partial charge in [-0.2, -0.15) is 13.2 Å². The van der Waals surface area contributed by atoms with E-state index < -0.39 is 11.7 Å². The van der Waals surface area contributed by atoms with E-state index >= 15 is 0 Å². The average Bonchev–Trinajstić information content (AvgIpc) is 3.03. The number of alkyl halides is 3. The lowest BCUT2D eigenvalue weighted by atomic mass is 10.1. The monoisotopic (exact) mass is 416 g/mol. The lowest BCUT2D eigenvalue weighted by Crippen LogP contribution is -2.12. The van der Waals surface area contributed by atoms with Crippen LogP contribution in [0.5, 0.6) is 0 Å². The molecule has 26 heavy (non-hydrogen) atoms. The molecule has 0 aliphatic heterocycles. The van der Waals surface area contributed by atoms with Gasteiger partial charge in [-0.3, -0.25) is 0 Å². The second kappa shape index (κ2) is 7.96. The fourth-order valence-corrected chi connectivity index (χ4v) is 4.04. The number of rotatable bonds is 5. The van der Waals surface area contributed by atoms with Crippen molar-refractivity contribution in [3.05, 3.63) is 74.8 Å². The van der Waals surface area contributed by atoms with E-state index in [9.17, 15) is 13.2 Å². The fraction of sp³-hybridized carbons (Fsp3) is 0.167. The Labute approximate surface area is 162 Å². The number of benzene rings is 2. The molecular formula is C18H13Cl2F3N2S. The molecule has 1 aromatic heterocycles. The van der Waals surface area contributed by atoms with Gasteiger partial charge in [-0.25, -0.2) is 4.98 Å². The molecule has 0 amide bonds. The van der Waals surface area contributed by atoms with Gasteiger partial charge in [0.25, 0.3) is 0 Å². The van der Waals surface area contributed by atoms with Crippen molar-refractivity contribution < 1.29 is 13.2 Å². The first-order chi connectivity index (χ1) is 12.3. The highest BCUT2D eigenvalue weighted by molar-refractivity contribution is 7.15. The normalized spacial score (nSPS) is 11.7. The summed E-state index contributed by atoms with van der Waals surface area (Å²) in [5.41, 5.74) is 0.869. The van der Waals surface area contributed by atoms with E-state index in [0.717, 1.165) is 33.1 Å². The van der Waals surface area contributed by atoms with E-state index in [4.69, 9.17) is 23.2 Å². The molecule has 0 aliphatic rings. The number of hydrogen-bond acceptors (Lipinski definition) is 3.